The van der Waals surface area contributed by atoms with Gasteiger partial charge in [-0.15, -0.1) is 5.06 Å². The van der Waals surface area contributed by atoms with Crippen LogP contribution >= 0.6 is 15.9 Å². The quantitative estimate of drug-likeness (QED) is 0.364. The Kier molecular flexibility index (Phi) is 6.01. The van der Waals surface area contributed by atoms with Gasteiger partial charge in [0.2, 0.25) is 0 Å². The van der Waals surface area contributed by atoms with Gasteiger partial charge >= 0.3 is 5.97 Å². The van der Waals surface area contributed by atoms with Gasteiger partial charge in [0.1, 0.15) is 11.5 Å². The van der Waals surface area contributed by atoms with Crippen molar-refractivity contribution in [3.8, 4) is 17.2 Å². The van der Waals surface area contributed by atoms with E-state index in [4.69, 9.17) is 24.5 Å². The van der Waals surface area contributed by atoms with E-state index in [1.54, 1.807) is 43.3 Å². The van der Waals surface area contributed by atoms with E-state index >= 15 is 0 Å². The molecule has 2 aliphatic heterocycles. The second kappa shape index (κ2) is 8.91. The molecule has 0 fully saturated rings. The smallest absolute Gasteiger partial charge is 0.343 e. The number of hydroxylamine groups is 2. The number of carbonyl (C=O) groups is 2. The number of amidine groups is 2. The van der Waals surface area contributed by atoms with Crippen LogP contribution in [0.1, 0.15) is 22.8 Å². The number of halogens is 1. The summed E-state index contributed by atoms with van der Waals surface area (Å²) in [5, 5.41) is 9.48. The molecule has 9 nitrogen and oxygen atoms in total. The minimum Gasteiger partial charge on any atom is -0.493 e. The summed E-state index contributed by atoms with van der Waals surface area (Å²) in [5.74, 6) is 0.768. The van der Waals surface area contributed by atoms with Crippen LogP contribution < -0.4 is 14.2 Å². The van der Waals surface area contributed by atoms with Crippen LogP contribution in [0.5, 0.6) is 17.2 Å². The number of ether oxygens (including phenoxy) is 3. The summed E-state index contributed by atoms with van der Waals surface area (Å²) in [7, 11) is 2.99. The largest absolute Gasteiger partial charge is 0.493 e. The highest BCUT2D eigenvalue weighted by molar-refractivity contribution is 9.10. The van der Waals surface area contributed by atoms with E-state index in [1.165, 1.54) is 31.4 Å². The number of nitrogens with zero attached hydrogens (tertiary/aromatic N) is 2. The van der Waals surface area contributed by atoms with Crippen LogP contribution in [0.2, 0.25) is 0 Å². The van der Waals surface area contributed by atoms with E-state index < -0.39 is 11.9 Å². The summed E-state index contributed by atoms with van der Waals surface area (Å²) in [6.07, 6.45) is 3.11. The lowest BCUT2D eigenvalue weighted by Gasteiger charge is -2.23. The number of methoxy groups -OCH3 is 2. The van der Waals surface area contributed by atoms with Crippen molar-refractivity contribution in [2.75, 3.05) is 14.2 Å². The number of fused-ring (bicyclic) bond motifs is 1. The van der Waals surface area contributed by atoms with Gasteiger partial charge < -0.3 is 19.0 Å². The van der Waals surface area contributed by atoms with Gasteiger partial charge in [0, 0.05) is 6.08 Å². The molecule has 0 spiro atoms. The normalized spacial score (nSPS) is 16.1. The maximum absolute atomic E-state index is 12.6. The van der Waals surface area contributed by atoms with Crippen LogP contribution in [0.3, 0.4) is 0 Å². The third kappa shape index (κ3) is 4.37. The van der Waals surface area contributed by atoms with E-state index in [1.807, 2.05) is 0 Å². The van der Waals surface area contributed by atoms with Crippen molar-refractivity contribution in [2.45, 2.75) is 6.92 Å². The molecule has 1 N–H and O–H groups in total. The Labute approximate surface area is 197 Å². The van der Waals surface area contributed by atoms with Gasteiger partial charge in [-0.1, -0.05) is 6.07 Å². The molecular formula is C23H18BrN3O6. The highest BCUT2D eigenvalue weighted by atomic mass is 79.9. The number of hydrogen-bond acceptors (Lipinski definition) is 7. The molecule has 33 heavy (non-hydrogen) atoms. The number of amides is 1. The summed E-state index contributed by atoms with van der Waals surface area (Å²) in [4.78, 5) is 34.4. The van der Waals surface area contributed by atoms with Crippen LogP contribution in [-0.4, -0.2) is 42.8 Å². The molecular weight excluding hydrogens is 494 g/mol. The second-order valence-electron chi connectivity index (χ2n) is 6.97. The maximum atomic E-state index is 12.6. The summed E-state index contributed by atoms with van der Waals surface area (Å²) in [6, 6.07) is 9.62. The molecule has 0 aromatic heterocycles. The van der Waals surface area contributed by atoms with Crippen molar-refractivity contribution in [1.82, 2.24) is 5.06 Å². The zero-order valence-corrected chi connectivity index (χ0v) is 19.4. The molecule has 1 amide bonds. The summed E-state index contributed by atoms with van der Waals surface area (Å²) < 4.78 is 16.4. The topological polar surface area (TPSA) is 111 Å². The van der Waals surface area contributed by atoms with Gasteiger partial charge in [-0.2, -0.15) is 4.99 Å². The van der Waals surface area contributed by atoms with Crippen molar-refractivity contribution < 1.29 is 28.6 Å². The number of benzene rings is 2. The minimum atomic E-state index is -0.581. The average Bonchev–Trinajstić information content (AvgIpc) is 3.17. The lowest BCUT2D eigenvalue weighted by atomic mass is 10.1. The molecule has 0 unspecified atom stereocenters. The zero-order valence-electron chi connectivity index (χ0n) is 17.8. The Balaban J connectivity index is 1.54. The number of carbonyl (C=O) groups excluding carboxylic acids is 2. The van der Waals surface area contributed by atoms with E-state index in [-0.39, 0.29) is 28.6 Å². The fourth-order valence-electron chi connectivity index (χ4n) is 3.18. The van der Waals surface area contributed by atoms with Gasteiger partial charge in [0.05, 0.1) is 29.8 Å². The van der Waals surface area contributed by atoms with E-state index in [9.17, 15) is 9.59 Å². The number of rotatable bonds is 5. The van der Waals surface area contributed by atoms with Crippen molar-refractivity contribution >= 4 is 45.6 Å². The van der Waals surface area contributed by atoms with Crippen LogP contribution in [0.25, 0.3) is 6.08 Å². The average molecular weight is 512 g/mol. The second-order valence-corrected chi connectivity index (χ2v) is 7.83. The van der Waals surface area contributed by atoms with Crippen LogP contribution in [0, 0.1) is 5.41 Å². The van der Waals surface area contributed by atoms with Crippen LogP contribution in [0.4, 0.5) is 0 Å². The van der Waals surface area contributed by atoms with Gasteiger partial charge in [0.15, 0.2) is 23.2 Å². The van der Waals surface area contributed by atoms with Crippen molar-refractivity contribution in [3.05, 3.63) is 69.4 Å². The Morgan fingerprint density at radius 1 is 1.12 bits per heavy atom. The standard InChI is InChI=1S/C23H18BrN3O6/c1-12-8-20-26-22(28)15(21(25)27(20)33-12)9-13-4-6-17(16(24)10-13)32-23(29)14-5-7-18(30-2)19(11-14)31-3/h4-11,25H,1-3H3/b15-9-,25-21?. The van der Waals surface area contributed by atoms with Gasteiger partial charge in [-0.3, -0.25) is 10.2 Å². The highest BCUT2D eigenvalue weighted by Gasteiger charge is 2.34. The maximum Gasteiger partial charge on any atom is 0.343 e. The third-order valence-corrected chi connectivity index (χ3v) is 5.39. The molecule has 2 aliphatic rings. The monoisotopic (exact) mass is 511 g/mol. The number of aliphatic imine (C=N–C) groups is 1. The number of hydrogen-bond donors (Lipinski definition) is 1. The van der Waals surface area contributed by atoms with Gasteiger partial charge in [-0.05, 0) is 64.8 Å². The first kappa shape index (κ1) is 22.3. The molecule has 2 heterocycles. The van der Waals surface area contributed by atoms with Crippen molar-refractivity contribution in [3.63, 3.8) is 0 Å². The molecule has 0 saturated heterocycles. The molecule has 4 rings (SSSR count). The summed E-state index contributed by atoms with van der Waals surface area (Å²) in [5.41, 5.74) is 0.961. The Hall–Kier alpha value is -3.92. The fraction of sp³-hybridized carbons (Fsp3) is 0.130. The Morgan fingerprint density at radius 2 is 1.85 bits per heavy atom. The van der Waals surface area contributed by atoms with Crippen LogP contribution in [-0.2, 0) is 9.63 Å². The van der Waals surface area contributed by atoms with Crippen molar-refractivity contribution in [1.29, 1.82) is 5.41 Å². The van der Waals surface area contributed by atoms with Gasteiger partial charge in [-0.25, -0.2) is 4.79 Å². The Bertz CT molecular complexity index is 1280. The van der Waals surface area contributed by atoms with Gasteiger partial charge in [0.25, 0.3) is 5.91 Å². The fourth-order valence-corrected chi connectivity index (χ4v) is 3.66. The van der Waals surface area contributed by atoms with E-state index in [0.717, 1.165) is 0 Å². The zero-order chi connectivity index (χ0) is 23.7. The third-order valence-electron chi connectivity index (χ3n) is 4.77. The van der Waals surface area contributed by atoms with Crippen LogP contribution in [0.15, 0.2) is 63.3 Å². The molecule has 0 saturated carbocycles. The summed E-state index contributed by atoms with van der Waals surface area (Å²) >= 11 is 3.39. The predicted octanol–water partition coefficient (Wildman–Crippen LogP) is 4.14. The molecule has 0 radical (unpaired) electrons. The Morgan fingerprint density at radius 3 is 2.55 bits per heavy atom. The molecule has 168 valence electrons. The number of nitrogens with one attached hydrogen (secondary N) is 1. The SMILES string of the molecule is COc1ccc(C(=O)Oc2ccc(/C=C3/C(=N)N4OC(C)=CC4=NC3=O)cc2Br)cc1OC. The van der Waals surface area contributed by atoms with E-state index in [2.05, 4.69) is 20.9 Å². The van der Waals surface area contributed by atoms with Crippen molar-refractivity contribution in [2.24, 2.45) is 4.99 Å². The van der Waals surface area contributed by atoms with E-state index in [0.29, 0.717) is 27.3 Å². The number of allylic oxidation sites excluding steroid dienone is 1. The first-order valence-corrected chi connectivity index (χ1v) is 10.4. The predicted molar refractivity (Wildman–Crippen MR) is 123 cm³/mol. The molecule has 10 heteroatoms. The minimum absolute atomic E-state index is 0.0730. The molecule has 0 aliphatic carbocycles. The first-order valence-electron chi connectivity index (χ1n) is 9.64. The lowest BCUT2D eigenvalue weighted by molar-refractivity contribution is -0.114. The molecule has 0 bridgehead atoms. The molecule has 2 aromatic carbocycles. The lowest BCUT2D eigenvalue weighted by Crippen LogP contribution is -2.38. The highest BCUT2D eigenvalue weighted by Crippen LogP contribution is 2.31. The molecule has 0 atom stereocenters. The number of esters is 1. The summed E-state index contributed by atoms with van der Waals surface area (Å²) in [6.45, 7) is 1.71. The molecule has 2 aromatic rings. The first-order chi connectivity index (χ1) is 15.8.